The zero-order chi connectivity index (χ0) is 17.0. The maximum Gasteiger partial charge on any atom is 0.167 e. The Bertz CT molecular complexity index is 273. The molecule has 1 fully saturated rings. The van der Waals surface area contributed by atoms with Crippen molar-refractivity contribution in [2.75, 3.05) is 20.8 Å². The highest BCUT2D eigenvalue weighted by Crippen LogP contribution is 2.27. The van der Waals surface area contributed by atoms with Crippen LogP contribution >= 0.6 is 0 Å². The van der Waals surface area contributed by atoms with Crippen molar-refractivity contribution in [3.8, 4) is 0 Å². The molecule has 0 aromatic heterocycles. The van der Waals surface area contributed by atoms with Gasteiger partial charge in [-0.1, -0.05) is 46.0 Å². The van der Waals surface area contributed by atoms with Crippen LogP contribution in [-0.4, -0.2) is 32.6 Å². The smallest absolute Gasteiger partial charge is 0.167 e. The number of rotatable bonds is 13. The van der Waals surface area contributed by atoms with E-state index in [1.165, 1.54) is 64.2 Å². The highest BCUT2D eigenvalue weighted by Gasteiger charge is 2.28. The van der Waals surface area contributed by atoms with Gasteiger partial charge in [0.15, 0.2) is 5.79 Å². The predicted octanol–water partition coefficient (Wildman–Crippen LogP) is 5.28. The Hall–Kier alpha value is -0.120. The summed E-state index contributed by atoms with van der Waals surface area (Å²) in [7, 11) is 3.59. The molecule has 1 aliphatic carbocycles. The highest BCUT2D eigenvalue weighted by molar-refractivity contribution is 4.74. The summed E-state index contributed by atoms with van der Waals surface area (Å²) < 4.78 is 11.5. The van der Waals surface area contributed by atoms with Crippen LogP contribution in [-0.2, 0) is 9.47 Å². The van der Waals surface area contributed by atoms with Crippen molar-refractivity contribution in [2.45, 2.75) is 103 Å². The van der Waals surface area contributed by atoms with Crippen molar-refractivity contribution in [3.05, 3.63) is 0 Å². The summed E-state index contributed by atoms with van der Waals surface area (Å²) in [6, 6.07) is 0.775. The lowest BCUT2D eigenvalue weighted by atomic mass is 9.94. The molecule has 0 saturated heterocycles. The third-order valence-corrected chi connectivity index (χ3v) is 5.52. The lowest BCUT2D eigenvalue weighted by molar-refractivity contribution is -0.216. The largest absolute Gasteiger partial charge is 0.353 e. The van der Waals surface area contributed by atoms with Crippen molar-refractivity contribution < 1.29 is 9.47 Å². The standard InChI is InChI=1S/C20H41NO2/c1-5-6-10-15-20(22-3,23-4)16-11-12-18(2)17-21-19-13-8-7-9-14-19/h18-19,21H,5-17H2,1-4H3. The number of hydrogen-bond acceptors (Lipinski definition) is 3. The van der Waals surface area contributed by atoms with Crippen LogP contribution in [0.5, 0.6) is 0 Å². The van der Waals surface area contributed by atoms with Crippen molar-refractivity contribution in [1.82, 2.24) is 5.32 Å². The average molecular weight is 328 g/mol. The van der Waals surface area contributed by atoms with Gasteiger partial charge in [-0.15, -0.1) is 0 Å². The first-order valence-corrected chi connectivity index (χ1v) is 9.99. The van der Waals surface area contributed by atoms with Crippen molar-refractivity contribution in [2.24, 2.45) is 5.92 Å². The van der Waals surface area contributed by atoms with Crippen LogP contribution in [0.1, 0.15) is 90.9 Å². The molecule has 0 aromatic rings. The molecule has 0 amide bonds. The number of methoxy groups -OCH3 is 2. The topological polar surface area (TPSA) is 30.5 Å². The monoisotopic (exact) mass is 327 g/mol. The van der Waals surface area contributed by atoms with Gasteiger partial charge in [-0.25, -0.2) is 0 Å². The molecule has 0 radical (unpaired) electrons. The third kappa shape index (κ3) is 8.51. The van der Waals surface area contributed by atoms with Crippen LogP contribution < -0.4 is 5.32 Å². The number of nitrogens with one attached hydrogen (secondary N) is 1. The van der Waals surface area contributed by atoms with Crippen LogP contribution in [0, 0.1) is 5.92 Å². The van der Waals surface area contributed by atoms with Crippen molar-refractivity contribution in [1.29, 1.82) is 0 Å². The molecule has 0 heterocycles. The normalized spacial score (nSPS) is 18.3. The summed E-state index contributed by atoms with van der Waals surface area (Å²) in [5.41, 5.74) is 0. The highest BCUT2D eigenvalue weighted by atomic mass is 16.7. The van der Waals surface area contributed by atoms with Crippen molar-refractivity contribution >= 4 is 0 Å². The summed E-state index contributed by atoms with van der Waals surface area (Å²) in [4.78, 5) is 0. The number of ether oxygens (including phenoxy) is 2. The molecule has 1 saturated carbocycles. The van der Waals surface area contributed by atoms with Crippen LogP contribution in [0.3, 0.4) is 0 Å². The summed E-state index contributed by atoms with van der Waals surface area (Å²) in [6.45, 7) is 5.77. The predicted molar refractivity (Wildman–Crippen MR) is 98.8 cm³/mol. The van der Waals surface area contributed by atoms with Gasteiger partial charge in [-0.2, -0.15) is 0 Å². The quantitative estimate of drug-likeness (QED) is 0.368. The second-order valence-corrected chi connectivity index (χ2v) is 7.52. The first-order chi connectivity index (χ1) is 11.2. The van der Waals surface area contributed by atoms with Gasteiger partial charge in [0.2, 0.25) is 0 Å². The zero-order valence-corrected chi connectivity index (χ0v) is 16.2. The molecular formula is C20H41NO2. The summed E-state index contributed by atoms with van der Waals surface area (Å²) in [6.07, 6.45) is 15.2. The minimum Gasteiger partial charge on any atom is -0.353 e. The Morgan fingerprint density at radius 1 is 1.00 bits per heavy atom. The Labute approximate surface area is 144 Å². The van der Waals surface area contributed by atoms with Gasteiger partial charge in [0.1, 0.15) is 0 Å². The van der Waals surface area contributed by atoms with E-state index < -0.39 is 0 Å². The number of hydrogen-bond donors (Lipinski definition) is 1. The molecule has 3 nitrogen and oxygen atoms in total. The fourth-order valence-corrected chi connectivity index (χ4v) is 3.76. The summed E-state index contributed by atoms with van der Waals surface area (Å²) in [5, 5.41) is 3.78. The van der Waals surface area contributed by atoms with E-state index in [2.05, 4.69) is 19.2 Å². The Morgan fingerprint density at radius 3 is 2.26 bits per heavy atom. The molecule has 0 bridgehead atoms. The molecule has 1 unspecified atom stereocenters. The van der Waals surface area contributed by atoms with Gasteiger partial charge in [-0.05, 0) is 44.6 Å². The van der Waals surface area contributed by atoms with E-state index in [0.29, 0.717) is 0 Å². The zero-order valence-electron chi connectivity index (χ0n) is 16.2. The fourth-order valence-electron chi connectivity index (χ4n) is 3.76. The van der Waals surface area contributed by atoms with Crippen molar-refractivity contribution in [3.63, 3.8) is 0 Å². The first-order valence-electron chi connectivity index (χ1n) is 9.99. The summed E-state index contributed by atoms with van der Waals surface area (Å²) in [5.74, 6) is 0.380. The molecule has 1 rings (SSSR count). The Balaban J connectivity index is 2.20. The maximum absolute atomic E-state index is 5.73. The Morgan fingerprint density at radius 2 is 1.65 bits per heavy atom. The lowest BCUT2D eigenvalue weighted by Crippen LogP contribution is -2.35. The molecule has 0 aliphatic heterocycles. The average Bonchev–Trinajstić information content (AvgIpc) is 2.60. The molecule has 1 N–H and O–H groups in total. The molecular weight excluding hydrogens is 286 g/mol. The molecule has 0 aromatic carbocycles. The first kappa shape index (κ1) is 20.9. The third-order valence-electron chi connectivity index (χ3n) is 5.52. The second kappa shape index (κ2) is 12.3. The van der Waals surface area contributed by atoms with Crippen LogP contribution in [0.25, 0.3) is 0 Å². The van der Waals surface area contributed by atoms with Gasteiger partial charge >= 0.3 is 0 Å². The van der Waals surface area contributed by atoms with E-state index in [0.717, 1.165) is 31.3 Å². The van der Waals surface area contributed by atoms with Crippen LogP contribution in [0.15, 0.2) is 0 Å². The fraction of sp³-hybridized carbons (Fsp3) is 1.00. The molecule has 1 aliphatic rings. The van der Waals surface area contributed by atoms with Gasteiger partial charge in [0, 0.05) is 33.1 Å². The minimum absolute atomic E-state index is 0.355. The molecule has 3 heteroatoms. The van der Waals surface area contributed by atoms with E-state index in [4.69, 9.17) is 9.47 Å². The van der Waals surface area contributed by atoms with Gasteiger partial charge in [0.05, 0.1) is 0 Å². The van der Waals surface area contributed by atoms with E-state index in [9.17, 15) is 0 Å². The molecule has 0 spiro atoms. The van der Waals surface area contributed by atoms with Crippen LogP contribution in [0.4, 0.5) is 0 Å². The molecule has 138 valence electrons. The summed E-state index contributed by atoms with van der Waals surface area (Å²) >= 11 is 0. The van der Waals surface area contributed by atoms with Gasteiger partial charge in [0.25, 0.3) is 0 Å². The maximum atomic E-state index is 5.73. The second-order valence-electron chi connectivity index (χ2n) is 7.52. The number of unbranched alkanes of at least 4 members (excludes halogenated alkanes) is 2. The molecule has 1 atom stereocenters. The van der Waals surface area contributed by atoms with Gasteiger partial charge in [-0.3, -0.25) is 0 Å². The van der Waals surface area contributed by atoms with E-state index in [-0.39, 0.29) is 5.79 Å². The van der Waals surface area contributed by atoms with Crippen LogP contribution in [0.2, 0.25) is 0 Å². The van der Waals surface area contributed by atoms with Gasteiger partial charge < -0.3 is 14.8 Å². The molecule has 23 heavy (non-hydrogen) atoms. The minimum atomic E-state index is -0.355. The SMILES string of the molecule is CCCCCC(CCCC(C)CNC1CCCCC1)(OC)OC. The Kier molecular flexibility index (Phi) is 11.2. The van der Waals surface area contributed by atoms with E-state index in [1.807, 2.05) is 0 Å². The van der Waals surface area contributed by atoms with E-state index >= 15 is 0 Å². The van der Waals surface area contributed by atoms with E-state index in [1.54, 1.807) is 14.2 Å². The lowest BCUT2D eigenvalue weighted by Gasteiger charge is -2.31.